The van der Waals surface area contributed by atoms with E-state index in [-0.39, 0.29) is 11.7 Å². The summed E-state index contributed by atoms with van der Waals surface area (Å²) in [5, 5.41) is 18.9. The first-order valence-electron chi connectivity index (χ1n) is 11.1. The summed E-state index contributed by atoms with van der Waals surface area (Å²) >= 11 is 0. The summed E-state index contributed by atoms with van der Waals surface area (Å²) in [7, 11) is 1.18. The van der Waals surface area contributed by atoms with Crippen LogP contribution in [0.3, 0.4) is 0 Å². The first-order chi connectivity index (χ1) is 16.6. The van der Waals surface area contributed by atoms with Crippen molar-refractivity contribution >= 4 is 11.8 Å². The van der Waals surface area contributed by atoms with Gasteiger partial charge in [-0.2, -0.15) is 5.12 Å². The van der Waals surface area contributed by atoms with E-state index >= 15 is 4.48 Å². The Hall–Kier alpha value is -4.09. The number of aryl methyl sites for hydroxylation is 1. The van der Waals surface area contributed by atoms with Crippen molar-refractivity contribution in [3.63, 3.8) is 0 Å². The summed E-state index contributed by atoms with van der Waals surface area (Å²) in [5.74, 6) is -4.53. The number of nitrogens with one attached hydrogen (secondary N) is 1. The molecule has 0 saturated carbocycles. The van der Waals surface area contributed by atoms with Gasteiger partial charge < -0.3 is 14.8 Å². The van der Waals surface area contributed by atoms with Crippen LogP contribution in [0.15, 0.2) is 39.5 Å². The molecule has 0 aliphatic rings. The zero-order valence-corrected chi connectivity index (χ0v) is 17.4. The van der Waals surface area contributed by atoms with Crippen LogP contribution in [0.2, 0.25) is 0 Å². The van der Waals surface area contributed by atoms with Crippen molar-refractivity contribution in [1.82, 2.24) is 30.2 Å². The number of amides is 2. The van der Waals surface area contributed by atoms with E-state index in [9.17, 15) is 19.5 Å². The van der Waals surface area contributed by atoms with E-state index in [1.165, 1.54) is 40.0 Å². The van der Waals surface area contributed by atoms with Gasteiger partial charge >= 0.3 is 17.7 Å². The molecule has 0 radical (unpaired) electrons. The van der Waals surface area contributed by atoms with Crippen LogP contribution in [0.25, 0.3) is 0 Å². The third-order valence-corrected chi connectivity index (χ3v) is 4.22. The topological polar surface area (TPSA) is 143 Å². The normalized spacial score (nSPS) is 13.5. The highest BCUT2D eigenvalue weighted by molar-refractivity contribution is 5.94. The minimum Gasteiger partial charge on any atom is -0.501 e. The summed E-state index contributed by atoms with van der Waals surface area (Å²) in [4.78, 5) is 41.9. The molecule has 0 aliphatic heterocycles. The molecule has 11 nitrogen and oxygen atoms in total. The molecule has 32 heavy (non-hydrogen) atoms. The van der Waals surface area contributed by atoms with Crippen molar-refractivity contribution < 1.29 is 29.1 Å². The maximum absolute atomic E-state index is 15.1. The van der Waals surface area contributed by atoms with Crippen LogP contribution in [0, 0.1) is 6.92 Å². The summed E-state index contributed by atoms with van der Waals surface area (Å²) in [5.41, 5.74) is -4.48. The van der Waals surface area contributed by atoms with Crippen molar-refractivity contribution in [2.24, 2.45) is 7.05 Å². The zero-order valence-electron chi connectivity index (χ0n) is 21.4. The molecule has 2 aromatic heterocycles. The summed E-state index contributed by atoms with van der Waals surface area (Å²) in [6.07, 6.45) is 0. The van der Waals surface area contributed by atoms with Crippen LogP contribution >= 0.6 is 0 Å². The van der Waals surface area contributed by atoms with Crippen molar-refractivity contribution in [1.29, 1.82) is 0 Å². The highest BCUT2D eigenvalue weighted by Crippen LogP contribution is 2.22. The Morgan fingerprint density at radius 1 is 1.41 bits per heavy atom. The molecule has 2 N–H and O–H groups in total. The third kappa shape index (κ3) is 4.48. The second-order valence-electron chi connectivity index (χ2n) is 7.11. The van der Waals surface area contributed by atoms with Gasteiger partial charge in [0.15, 0.2) is 5.69 Å². The molecular weight excluding hydrogens is 423 g/mol. The lowest BCUT2D eigenvalue weighted by molar-refractivity contribution is 0.0138. The minimum absolute atomic E-state index is 0.116. The second kappa shape index (κ2) is 8.57. The number of aromatic hydroxyl groups is 1. The fourth-order valence-electron chi connectivity index (χ4n) is 2.75. The average Bonchev–Trinajstić information content (AvgIpc) is 3.24. The fourth-order valence-corrected chi connectivity index (χ4v) is 2.75. The van der Waals surface area contributed by atoms with Gasteiger partial charge in [0, 0.05) is 14.0 Å². The van der Waals surface area contributed by atoms with Crippen LogP contribution in [0.1, 0.15) is 57.8 Å². The van der Waals surface area contributed by atoms with Crippen LogP contribution < -0.4 is 10.9 Å². The Kier molecular flexibility index (Phi) is 4.71. The van der Waals surface area contributed by atoms with Gasteiger partial charge in [0.2, 0.25) is 11.6 Å². The number of rotatable bonds is 6. The first-order valence-corrected chi connectivity index (χ1v) is 9.09. The Morgan fingerprint density at radius 2 is 2.12 bits per heavy atom. The smallest absolute Gasteiger partial charge is 0.309 e. The Balaban J connectivity index is 2.04. The molecule has 2 heterocycles. The molecule has 1 aromatic carbocycles. The molecular formula is C20H21FN6O5. The lowest BCUT2D eigenvalue weighted by Crippen LogP contribution is -2.46. The number of nitrogens with zero attached hydrogens (tertiary/aromatic N) is 5. The maximum Gasteiger partial charge on any atom is 0.309 e. The Labute approximate surface area is 187 Å². The molecule has 0 atom stereocenters. The lowest BCUT2D eigenvalue weighted by Gasteiger charge is -2.27. The molecule has 12 heteroatoms. The number of carbonyl (C=O) groups excluding carboxylic acids is 2. The van der Waals surface area contributed by atoms with E-state index in [0.29, 0.717) is 0 Å². The number of hydrogen-bond acceptors (Lipinski definition) is 8. The molecule has 0 spiro atoms. The quantitative estimate of drug-likeness (QED) is 0.538. The Morgan fingerprint density at radius 3 is 2.78 bits per heavy atom. The van der Waals surface area contributed by atoms with Crippen molar-refractivity contribution in [3.05, 3.63) is 69.5 Å². The van der Waals surface area contributed by atoms with Crippen molar-refractivity contribution in [3.8, 4) is 5.75 Å². The lowest BCUT2D eigenvalue weighted by atomic mass is 10.0. The van der Waals surface area contributed by atoms with Gasteiger partial charge in [-0.05, 0) is 19.4 Å². The van der Waals surface area contributed by atoms with Crippen molar-refractivity contribution in [2.75, 3.05) is 0 Å². The van der Waals surface area contributed by atoms with Gasteiger partial charge in [0.05, 0.1) is 17.5 Å². The van der Waals surface area contributed by atoms with Crippen LogP contribution in [-0.4, -0.2) is 41.8 Å². The van der Waals surface area contributed by atoms with Gasteiger partial charge in [0.25, 0.3) is 5.56 Å². The standard InChI is InChI=1S/C20H21FN6O5/c1-11-24-25-16(32-11)15(29)23-20(2,3)19-22-13(14(28)18(31)26(19)4)17(30)27(21)10-12-8-6-5-7-9-12/h5-9,28H,10H2,1-4H3,(H,23,29)/i6D,8D,10D2. The molecule has 3 rings (SSSR count). The number of benzene rings is 1. The molecule has 168 valence electrons. The van der Waals surface area contributed by atoms with E-state index in [2.05, 4.69) is 20.5 Å². The van der Waals surface area contributed by atoms with Crippen LogP contribution in [0.4, 0.5) is 4.48 Å². The number of halogens is 1. The molecule has 0 bridgehead atoms. The van der Waals surface area contributed by atoms with Gasteiger partial charge in [-0.1, -0.05) is 34.8 Å². The SMILES string of the molecule is [2H]c1cccc(C([2H])([2H])N(F)C(=O)c2nc(C(C)(C)NC(=O)c3nnc(C)o3)n(C)c(=O)c2O)c1[2H]. The minimum atomic E-state index is -3.26. The van der Waals surface area contributed by atoms with E-state index in [1.807, 2.05) is 0 Å². The first kappa shape index (κ1) is 17.6. The van der Waals surface area contributed by atoms with Crippen molar-refractivity contribution in [2.45, 2.75) is 32.8 Å². The third-order valence-electron chi connectivity index (χ3n) is 4.22. The molecule has 0 unspecified atom stereocenters. The zero-order chi connectivity index (χ0) is 27.2. The Bertz CT molecular complexity index is 1420. The highest BCUT2D eigenvalue weighted by Gasteiger charge is 2.33. The predicted octanol–water partition coefficient (Wildman–Crippen LogP) is 1.37. The summed E-state index contributed by atoms with van der Waals surface area (Å²) < 4.78 is 52.6. The molecule has 0 saturated heterocycles. The number of aromatic nitrogens is 4. The van der Waals surface area contributed by atoms with E-state index in [0.717, 1.165) is 10.6 Å². The molecule has 0 fully saturated rings. The monoisotopic (exact) mass is 448 g/mol. The summed E-state index contributed by atoms with van der Waals surface area (Å²) in [6, 6.07) is 2.32. The van der Waals surface area contributed by atoms with Gasteiger partial charge in [0.1, 0.15) is 5.82 Å². The predicted molar refractivity (Wildman–Crippen MR) is 108 cm³/mol. The average molecular weight is 448 g/mol. The highest BCUT2D eigenvalue weighted by atomic mass is 19.2. The van der Waals surface area contributed by atoms with Gasteiger partial charge in [-0.3, -0.25) is 19.0 Å². The maximum atomic E-state index is 15.1. The van der Waals surface area contributed by atoms with E-state index < -0.39 is 69.5 Å². The van der Waals surface area contributed by atoms with Crippen LogP contribution in [0.5, 0.6) is 5.75 Å². The van der Waals surface area contributed by atoms with Crippen LogP contribution in [-0.2, 0) is 19.1 Å². The molecule has 3 aromatic rings. The number of hydrogen-bond donors (Lipinski definition) is 2. The fraction of sp³-hybridized carbons (Fsp3) is 0.300. The second-order valence-corrected chi connectivity index (χ2v) is 7.11. The molecule has 0 aliphatic carbocycles. The van der Waals surface area contributed by atoms with E-state index in [4.69, 9.17) is 9.90 Å². The molecule has 2 amide bonds. The summed E-state index contributed by atoms with van der Waals surface area (Å²) in [6.45, 7) is 0.975. The largest absolute Gasteiger partial charge is 0.501 e. The number of carbonyl (C=O) groups is 2. The van der Waals surface area contributed by atoms with Gasteiger partial charge in [-0.15, -0.1) is 10.2 Å². The van der Waals surface area contributed by atoms with E-state index in [1.54, 1.807) is 0 Å². The van der Waals surface area contributed by atoms with Gasteiger partial charge in [-0.25, -0.2) is 4.98 Å².